The smallest absolute Gasteiger partial charge is 0.398 e. The number of aliphatic imine (C=N–C) groups is 2. The lowest BCUT2D eigenvalue weighted by Gasteiger charge is -2.15. The normalized spacial score (nSPS) is 13.4. The van der Waals surface area contributed by atoms with Gasteiger partial charge < -0.3 is 11.5 Å². The first kappa shape index (κ1) is 39.4. The van der Waals surface area contributed by atoms with Crippen LogP contribution in [0, 0.1) is 0 Å². The third kappa shape index (κ3) is 8.69. The molecule has 0 unspecified atom stereocenters. The van der Waals surface area contributed by atoms with E-state index < -0.39 is 69.7 Å². The maximum absolute atomic E-state index is 14.1. The lowest BCUT2D eigenvalue weighted by atomic mass is 9.98. The van der Waals surface area contributed by atoms with Crippen molar-refractivity contribution in [1.29, 1.82) is 0 Å². The molecule has 5 aromatic carbocycles. The Morgan fingerprint density at radius 2 is 0.648 bits per heavy atom. The van der Waals surface area contributed by atoms with Gasteiger partial charge in [-0.3, -0.25) is 9.98 Å². The second-order valence-corrected chi connectivity index (χ2v) is 12.0. The summed E-state index contributed by atoms with van der Waals surface area (Å²) in [6, 6.07) is 17.1. The summed E-state index contributed by atoms with van der Waals surface area (Å²) in [5, 5.41) is 0. The van der Waals surface area contributed by atoms with Crippen LogP contribution in [0.25, 0.3) is 22.3 Å². The quantitative estimate of drug-likeness (QED) is 0.103. The van der Waals surface area contributed by atoms with E-state index in [0.29, 0.717) is 35.4 Å². The molecule has 0 aliphatic heterocycles. The van der Waals surface area contributed by atoms with Crippen molar-refractivity contribution in [2.45, 2.75) is 38.6 Å². The van der Waals surface area contributed by atoms with Crippen molar-refractivity contribution in [2.75, 3.05) is 11.5 Å². The van der Waals surface area contributed by atoms with Crippen LogP contribution in [-0.4, -0.2) is 11.4 Å². The van der Waals surface area contributed by atoms with E-state index in [4.69, 9.17) is 11.5 Å². The van der Waals surface area contributed by atoms with Crippen LogP contribution < -0.4 is 11.5 Å². The van der Waals surface area contributed by atoms with Gasteiger partial charge in [0, 0.05) is 22.8 Å². The van der Waals surface area contributed by atoms with Crippen LogP contribution in [0.15, 0.2) is 107 Å². The summed E-state index contributed by atoms with van der Waals surface area (Å²) < 4.78 is 165. The fourth-order valence-corrected chi connectivity index (χ4v) is 5.49. The van der Waals surface area contributed by atoms with Crippen molar-refractivity contribution in [1.82, 2.24) is 0 Å². The van der Waals surface area contributed by atoms with Crippen molar-refractivity contribution >= 4 is 34.2 Å². The SMILES string of the molecule is CC(=Nc1ccc(-c2ccc(N)c(C(F)(F)F)c2)cc1C(F)(F)F)c1ccc(C(C)=Nc2ccc(-c3ccc(N)c(C(F)(F)F)c3)cc2C(F)(F)F)cc1. The van der Waals surface area contributed by atoms with Crippen molar-refractivity contribution in [3.8, 4) is 22.3 Å². The Bertz CT molecular complexity index is 2100. The summed E-state index contributed by atoms with van der Waals surface area (Å²) in [6.45, 7) is 2.82. The molecular weight excluding hydrogens is 740 g/mol. The van der Waals surface area contributed by atoms with E-state index in [9.17, 15) is 52.7 Å². The molecule has 0 atom stereocenters. The summed E-state index contributed by atoms with van der Waals surface area (Å²) >= 11 is 0. The van der Waals surface area contributed by atoms with Crippen molar-refractivity contribution in [3.05, 3.63) is 130 Å². The second-order valence-electron chi connectivity index (χ2n) is 12.0. The van der Waals surface area contributed by atoms with E-state index in [1.807, 2.05) is 0 Å². The molecule has 0 aliphatic carbocycles. The van der Waals surface area contributed by atoms with Gasteiger partial charge in [0.05, 0.1) is 33.6 Å². The van der Waals surface area contributed by atoms with Crippen LogP contribution in [0.3, 0.4) is 0 Å². The molecule has 5 aromatic rings. The Hall–Kier alpha value is -5.80. The van der Waals surface area contributed by atoms with E-state index in [1.54, 1.807) is 0 Å². The maximum Gasteiger partial charge on any atom is 0.418 e. The average molecular weight is 767 g/mol. The van der Waals surface area contributed by atoms with E-state index in [0.717, 1.165) is 36.4 Å². The molecule has 4 nitrogen and oxygen atoms in total. The van der Waals surface area contributed by atoms with Crippen LogP contribution in [0.4, 0.5) is 75.4 Å². The Kier molecular flexibility index (Phi) is 10.4. The van der Waals surface area contributed by atoms with Crippen molar-refractivity contribution in [3.63, 3.8) is 0 Å². The second kappa shape index (κ2) is 14.2. The highest BCUT2D eigenvalue weighted by Gasteiger charge is 2.37. The van der Waals surface area contributed by atoms with Gasteiger partial charge in [0.2, 0.25) is 0 Å². The molecule has 282 valence electrons. The Labute approximate surface area is 299 Å². The first-order valence-electron chi connectivity index (χ1n) is 15.5. The number of nitrogens with zero attached hydrogens (tertiary/aromatic N) is 2. The molecule has 16 heteroatoms. The first-order valence-corrected chi connectivity index (χ1v) is 15.5. The molecular formula is C38H26F12N4. The van der Waals surface area contributed by atoms with Crippen LogP contribution >= 0.6 is 0 Å². The predicted molar refractivity (Wildman–Crippen MR) is 183 cm³/mol. The van der Waals surface area contributed by atoms with Crippen LogP contribution in [0.5, 0.6) is 0 Å². The molecule has 0 heterocycles. The molecule has 0 radical (unpaired) electrons. The molecule has 0 aromatic heterocycles. The molecule has 0 saturated heterocycles. The zero-order valence-electron chi connectivity index (χ0n) is 27.8. The predicted octanol–water partition coefficient (Wildman–Crippen LogP) is 12.5. The lowest BCUT2D eigenvalue weighted by Crippen LogP contribution is -2.09. The van der Waals surface area contributed by atoms with Gasteiger partial charge in [-0.25, -0.2) is 0 Å². The first-order chi connectivity index (χ1) is 24.9. The molecule has 0 aliphatic rings. The third-order valence-corrected chi connectivity index (χ3v) is 8.28. The average Bonchev–Trinajstić information content (AvgIpc) is 3.07. The largest absolute Gasteiger partial charge is 0.418 e. The third-order valence-electron chi connectivity index (χ3n) is 8.28. The standard InChI is InChI=1S/C38H26F12N4/c1-19(53-33-13-9-25(17-29(33)37(45,46)47)23-7-11-31(51)27(15-23)35(39,40)41)21-3-5-22(6-4-21)20(2)54-34-14-10-26(18-30(34)38(48,49)50)24-8-12-32(52)28(16-24)36(42,43)44/h3-18H,51-52H2,1-2H3. The molecule has 0 bridgehead atoms. The van der Waals surface area contributed by atoms with Gasteiger partial charge in [-0.15, -0.1) is 0 Å². The van der Waals surface area contributed by atoms with Gasteiger partial charge in [0.15, 0.2) is 0 Å². The van der Waals surface area contributed by atoms with Gasteiger partial charge in [0.25, 0.3) is 0 Å². The molecule has 0 spiro atoms. The molecule has 0 amide bonds. The van der Waals surface area contributed by atoms with E-state index >= 15 is 0 Å². The highest BCUT2D eigenvalue weighted by molar-refractivity contribution is 6.03. The summed E-state index contributed by atoms with van der Waals surface area (Å²) in [5.41, 5.74) is 4.04. The number of nitrogens with two attached hydrogens (primary N) is 2. The topological polar surface area (TPSA) is 76.8 Å². The number of hydrogen-bond donors (Lipinski definition) is 2. The summed E-state index contributed by atoms with van der Waals surface area (Å²) in [4.78, 5) is 8.22. The zero-order chi connectivity index (χ0) is 40.0. The summed E-state index contributed by atoms with van der Waals surface area (Å²) in [6.07, 6.45) is -19.6. The van der Waals surface area contributed by atoms with Gasteiger partial charge in [0.1, 0.15) is 0 Å². The van der Waals surface area contributed by atoms with E-state index in [2.05, 4.69) is 9.98 Å². The Morgan fingerprint density at radius 3 is 0.926 bits per heavy atom. The fraction of sp³-hybridized carbons (Fsp3) is 0.158. The monoisotopic (exact) mass is 766 g/mol. The highest BCUT2D eigenvalue weighted by atomic mass is 19.4. The number of alkyl halides is 12. The van der Waals surface area contributed by atoms with Crippen LogP contribution in [-0.2, 0) is 24.7 Å². The van der Waals surface area contributed by atoms with Crippen molar-refractivity contribution < 1.29 is 52.7 Å². The van der Waals surface area contributed by atoms with E-state index in [-0.39, 0.29) is 33.7 Å². The zero-order valence-corrected chi connectivity index (χ0v) is 27.8. The fourth-order valence-electron chi connectivity index (χ4n) is 5.49. The van der Waals surface area contributed by atoms with Crippen LogP contribution in [0.1, 0.15) is 47.2 Å². The number of halogens is 12. The minimum atomic E-state index is -4.94. The highest BCUT2D eigenvalue weighted by Crippen LogP contribution is 2.43. The van der Waals surface area contributed by atoms with E-state index in [1.165, 1.54) is 50.2 Å². The number of rotatable bonds is 6. The number of benzene rings is 5. The maximum atomic E-state index is 14.1. The van der Waals surface area contributed by atoms with Gasteiger partial charge in [-0.05, 0) is 95.8 Å². The number of hydrogen-bond acceptors (Lipinski definition) is 4. The number of nitrogen functional groups attached to an aromatic ring is 2. The van der Waals surface area contributed by atoms with Crippen molar-refractivity contribution in [2.24, 2.45) is 9.98 Å². The molecule has 0 fully saturated rings. The molecule has 0 saturated carbocycles. The molecule has 54 heavy (non-hydrogen) atoms. The van der Waals surface area contributed by atoms with Crippen LogP contribution in [0.2, 0.25) is 0 Å². The number of anilines is 2. The Morgan fingerprint density at radius 1 is 0.389 bits per heavy atom. The minimum Gasteiger partial charge on any atom is -0.398 e. The molecule has 5 rings (SSSR count). The van der Waals surface area contributed by atoms with Gasteiger partial charge >= 0.3 is 24.7 Å². The lowest BCUT2D eigenvalue weighted by molar-refractivity contribution is -0.137. The summed E-state index contributed by atoms with van der Waals surface area (Å²) in [7, 11) is 0. The minimum absolute atomic E-state index is 0.104. The Balaban J connectivity index is 1.44. The summed E-state index contributed by atoms with van der Waals surface area (Å²) in [5.74, 6) is 0. The van der Waals surface area contributed by atoms with Gasteiger partial charge in [-0.2, -0.15) is 52.7 Å². The molecule has 4 N–H and O–H groups in total. The van der Waals surface area contributed by atoms with Gasteiger partial charge in [-0.1, -0.05) is 48.5 Å².